The van der Waals surface area contributed by atoms with Crippen LogP contribution in [0.1, 0.15) is 34.0 Å². The molecular weight excluding hydrogens is 376 g/mol. The zero-order valence-corrected chi connectivity index (χ0v) is 16.9. The van der Waals surface area contributed by atoms with Crippen molar-refractivity contribution in [3.63, 3.8) is 0 Å². The fourth-order valence-electron chi connectivity index (χ4n) is 4.12. The average Bonchev–Trinajstić information content (AvgIpc) is 3.09. The van der Waals surface area contributed by atoms with E-state index >= 15 is 0 Å². The van der Waals surface area contributed by atoms with Crippen molar-refractivity contribution in [3.05, 3.63) is 64.2 Å². The minimum absolute atomic E-state index is 0.0415. The third-order valence-electron chi connectivity index (χ3n) is 5.59. The highest BCUT2D eigenvalue weighted by atomic mass is 35.5. The van der Waals surface area contributed by atoms with E-state index in [1.165, 1.54) is 0 Å². The van der Waals surface area contributed by atoms with Gasteiger partial charge in [0.2, 0.25) is 0 Å². The van der Waals surface area contributed by atoms with Crippen molar-refractivity contribution in [2.75, 3.05) is 26.8 Å². The number of methoxy groups -OCH3 is 1. The molecule has 2 aliphatic heterocycles. The monoisotopic (exact) mass is 400 g/mol. The van der Waals surface area contributed by atoms with Crippen molar-refractivity contribution in [2.24, 2.45) is 0 Å². The summed E-state index contributed by atoms with van der Waals surface area (Å²) in [4.78, 5) is 15.2. The van der Waals surface area contributed by atoms with Crippen LogP contribution in [0.2, 0.25) is 5.02 Å². The van der Waals surface area contributed by atoms with E-state index in [1.54, 1.807) is 7.11 Å². The van der Waals surface area contributed by atoms with Gasteiger partial charge in [0.05, 0.1) is 25.4 Å². The van der Waals surface area contributed by atoms with Gasteiger partial charge in [0.1, 0.15) is 5.75 Å². The van der Waals surface area contributed by atoms with Crippen LogP contribution in [-0.2, 0) is 4.74 Å². The van der Waals surface area contributed by atoms with Gasteiger partial charge >= 0.3 is 0 Å². The van der Waals surface area contributed by atoms with Gasteiger partial charge < -0.3 is 14.8 Å². The van der Waals surface area contributed by atoms with E-state index in [4.69, 9.17) is 21.1 Å². The van der Waals surface area contributed by atoms with E-state index in [2.05, 4.69) is 10.2 Å². The highest BCUT2D eigenvalue weighted by Gasteiger charge is 2.38. The third kappa shape index (κ3) is 4.02. The molecule has 4 rings (SSSR count). The first kappa shape index (κ1) is 19.2. The number of carbonyl (C=O) groups excluding carboxylic acids is 1. The number of carbonyl (C=O) groups is 1. The van der Waals surface area contributed by atoms with Gasteiger partial charge in [-0.1, -0.05) is 35.4 Å². The van der Waals surface area contributed by atoms with Crippen LogP contribution in [-0.4, -0.2) is 49.7 Å². The quantitative estimate of drug-likeness (QED) is 0.851. The molecule has 3 atom stereocenters. The lowest BCUT2D eigenvalue weighted by atomic mass is 10.1. The number of ether oxygens (including phenoxy) is 2. The van der Waals surface area contributed by atoms with Gasteiger partial charge in [0, 0.05) is 30.2 Å². The maximum Gasteiger partial charge on any atom is 0.255 e. The maximum atomic E-state index is 12.8. The van der Waals surface area contributed by atoms with Crippen LogP contribution in [0.25, 0.3) is 0 Å². The fraction of sp³-hybridized carbons (Fsp3) is 0.409. The largest absolute Gasteiger partial charge is 0.496 e. The van der Waals surface area contributed by atoms with Crippen LogP contribution in [0, 0.1) is 6.92 Å². The summed E-state index contributed by atoms with van der Waals surface area (Å²) >= 11 is 5.99. The molecule has 148 valence electrons. The van der Waals surface area contributed by atoms with Gasteiger partial charge in [-0.15, -0.1) is 0 Å². The predicted molar refractivity (Wildman–Crippen MR) is 109 cm³/mol. The molecule has 0 aliphatic carbocycles. The second-order valence-electron chi connectivity index (χ2n) is 7.59. The molecule has 2 aliphatic rings. The number of nitrogens with zero attached hydrogens (tertiary/aromatic N) is 1. The molecule has 0 radical (unpaired) electrons. The summed E-state index contributed by atoms with van der Waals surface area (Å²) in [6.07, 6.45) is 0.938. The molecule has 1 N–H and O–H groups in total. The van der Waals surface area contributed by atoms with Crippen molar-refractivity contribution < 1.29 is 14.3 Å². The highest BCUT2D eigenvalue weighted by molar-refractivity contribution is 6.30. The van der Waals surface area contributed by atoms with Crippen molar-refractivity contribution >= 4 is 17.5 Å². The highest BCUT2D eigenvalue weighted by Crippen LogP contribution is 2.31. The smallest absolute Gasteiger partial charge is 0.255 e. The number of hydrogen-bond acceptors (Lipinski definition) is 4. The Kier molecular flexibility index (Phi) is 5.58. The molecule has 0 aromatic heterocycles. The Morgan fingerprint density at radius 1 is 1.21 bits per heavy atom. The van der Waals surface area contributed by atoms with Crippen LogP contribution >= 0.6 is 11.6 Å². The molecule has 2 heterocycles. The number of rotatable bonds is 4. The van der Waals surface area contributed by atoms with Crippen molar-refractivity contribution in [1.29, 1.82) is 0 Å². The van der Waals surface area contributed by atoms with Gasteiger partial charge in [-0.25, -0.2) is 0 Å². The number of fused-ring (bicyclic) bond motifs is 1. The molecular formula is C22H25ClN2O3. The Balaban J connectivity index is 1.40. The van der Waals surface area contributed by atoms with E-state index < -0.39 is 0 Å². The summed E-state index contributed by atoms with van der Waals surface area (Å²) in [5, 5.41) is 3.91. The summed E-state index contributed by atoms with van der Waals surface area (Å²) in [7, 11) is 1.59. The third-order valence-corrected chi connectivity index (χ3v) is 5.85. The molecule has 2 fully saturated rings. The lowest BCUT2D eigenvalue weighted by Crippen LogP contribution is -2.43. The molecule has 2 aromatic carbocycles. The number of aryl methyl sites for hydroxylation is 1. The van der Waals surface area contributed by atoms with Gasteiger partial charge in [-0.2, -0.15) is 0 Å². The van der Waals surface area contributed by atoms with Crippen molar-refractivity contribution in [2.45, 2.75) is 31.5 Å². The zero-order chi connectivity index (χ0) is 19.7. The first-order chi connectivity index (χ1) is 13.5. The normalized spacial score (nSPS) is 24.6. The molecule has 5 nitrogen and oxygen atoms in total. The summed E-state index contributed by atoms with van der Waals surface area (Å²) in [5.74, 6) is 0.519. The number of morpholine rings is 1. The van der Waals surface area contributed by atoms with E-state index in [9.17, 15) is 4.79 Å². The molecule has 0 spiro atoms. The minimum Gasteiger partial charge on any atom is -0.496 e. The van der Waals surface area contributed by atoms with E-state index in [0.29, 0.717) is 24.0 Å². The van der Waals surface area contributed by atoms with Crippen molar-refractivity contribution in [1.82, 2.24) is 10.2 Å². The molecule has 28 heavy (non-hydrogen) atoms. The van der Waals surface area contributed by atoms with Gasteiger partial charge in [0.25, 0.3) is 5.91 Å². The van der Waals surface area contributed by atoms with E-state index in [1.807, 2.05) is 49.4 Å². The summed E-state index contributed by atoms with van der Waals surface area (Å²) in [6, 6.07) is 13.9. The van der Waals surface area contributed by atoms with Crippen LogP contribution in [0.3, 0.4) is 0 Å². The van der Waals surface area contributed by atoms with Crippen LogP contribution in [0.15, 0.2) is 42.5 Å². The predicted octanol–water partition coefficient (Wildman–Crippen LogP) is 3.60. The zero-order valence-electron chi connectivity index (χ0n) is 16.2. The first-order valence-electron chi connectivity index (χ1n) is 9.60. The Labute approximate surface area is 170 Å². The van der Waals surface area contributed by atoms with Gasteiger partial charge in [-0.05, 0) is 43.2 Å². The van der Waals surface area contributed by atoms with Crippen LogP contribution in [0.5, 0.6) is 5.75 Å². The Hall–Kier alpha value is -2.08. The number of halogens is 1. The minimum atomic E-state index is -0.0828. The number of benzene rings is 2. The lowest BCUT2D eigenvalue weighted by Gasteiger charge is -2.35. The van der Waals surface area contributed by atoms with Crippen molar-refractivity contribution in [3.8, 4) is 5.75 Å². The number of amides is 1. The molecule has 0 saturated carbocycles. The van der Waals surface area contributed by atoms with Gasteiger partial charge in [0.15, 0.2) is 0 Å². The standard InChI is InChI=1S/C22H25ClN2O3/c1-14-3-8-20(27-2)19(9-14)22(26)24-17-10-18-13-28-21(12-25(18)11-17)15-4-6-16(23)7-5-15/h3-9,17-18,21H,10-13H2,1-2H3,(H,24,26)/t17-,18-,21+/m0/s1. The lowest BCUT2D eigenvalue weighted by molar-refractivity contribution is -0.0502. The molecule has 1 amide bonds. The second-order valence-corrected chi connectivity index (χ2v) is 8.03. The second kappa shape index (κ2) is 8.11. The molecule has 6 heteroatoms. The number of hydrogen-bond donors (Lipinski definition) is 1. The maximum absolute atomic E-state index is 12.8. The Bertz CT molecular complexity index is 855. The Morgan fingerprint density at radius 3 is 2.75 bits per heavy atom. The topological polar surface area (TPSA) is 50.8 Å². The summed E-state index contributed by atoms with van der Waals surface area (Å²) in [5.41, 5.74) is 2.76. The molecule has 0 unspecified atom stereocenters. The SMILES string of the molecule is COc1ccc(C)cc1C(=O)N[C@H]1C[C@H]2CO[C@@H](c3ccc(Cl)cc3)CN2C1. The number of nitrogens with one attached hydrogen (secondary N) is 1. The summed E-state index contributed by atoms with van der Waals surface area (Å²) in [6.45, 7) is 4.30. The fourth-order valence-corrected chi connectivity index (χ4v) is 4.25. The average molecular weight is 401 g/mol. The molecule has 0 bridgehead atoms. The van der Waals surface area contributed by atoms with Crippen LogP contribution < -0.4 is 10.1 Å². The van der Waals surface area contributed by atoms with Gasteiger partial charge in [-0.3, -0.25) is 9.69 Å². The summed E-state index contributed by atoms with van der Waals surface area (Å²) < 4.78 is 11.4. The molecule has 2 aromatic rings. The van der Waals surface area contributed by atoms with Crippen LogP contribution in [0.4, 0.5) is 0 Å². The van der Waals surface area contributed by atoms with E-state index in [-0.39, 0.29) is 18.1 Å². The first-order valence-corrected chi connectivity index (χ1v) is 9.98. The molecule has 2 saturated heterocycles. The van der Waals surface area contributed by atoms with E-state index in [0.717, 1.165) is 35.7 Å². The Morgan fingerprint density at radius 2 is 2.00 bits per heavy atom.